The minimum atomic E-state index is -0.0227. The summed E-state index contributed by atoms with van der Waals surface area (Å²) in [5.41, 5.74) is 1.94. The molecule has 2 saturated heterocycles. The molecule has 1 atom stereocenters. The summed E-state index contributed by atoms with van der Waals surface area (Å²) in [5, 5.41) is 4.22. The molecule has 5 heterocycles. The Labute approximate surface area is 169 Å². The zero-order chi connectivity index (χ0) is 19.8. The molecular weight excluding hydrogens is 368 g/mol. The number of hydrogen-bond donors (Lipinski definition) is 0. The highest BCUT2D eigenvalue weighted by molar-refractivity contribution is 5.97. The number of aryl methyl sites for hydroxylation is 1. The number of anilines is 1. The molecule has 2 aliphatic heterocycles. The van der Waals surface area contributed by atoms with E-state index in [2.05, 4.69) is 24.9 Å². The van der Waals surface area contributed by atoms with Crippen LogP contribution >= 0.6 is 0 Å². The molecule has 152 valence electrons. The molecular formula is C20H26N8O. The van der Waals surface area contributed by atoms with Crippen LogP contribution in [0.4, 0.5) is 5.69 Å². The van der Waals surface area contributed by atoms with Crippen molar-refractivity contribution in [1.82, 2.24) is 33.9 Å². The van der Waals surface area contributed by atoms with Crippen molar-refractivity contribution in [2.45, 2.75) is 25.4 Å². The van der Waals surface area contributed by atoms with Gasteiger partial charge in [0.05, 0.1) is 23.6 Å². The van der Waals surface area contributed by atoms with E-state index in [9.17, 15) is 4.79 Å². The van der Waals surface area contributed by atoms with Gasteiger partial charge in [0.15, 0.2) is 0 Å². The second-order valence-electron chi connectivity index (χ2n) is 7.89. The van der Waals surface area contributed by atoms with E-state index in [1.807, 2.05) is 41.0 Å². The van der Waals surface area contributed by atoms with Crippen LogP contribution in [-0.4, -0.2) is 78.6 Å². The molecule has 9 heteroatoms. The third kappa shape index (κ3) is 3.63. The lowest BCUT2D eigenvalue weighted by Crippen LogP contribution is -2.57. The van der Waals surface area contributed by atoms with Gasteiger partial charge in [-0.1, -0.05) is 0 Å². The number of fused-ring (bicyclic) bond motifs is 1. The van der Waals surface area contributed by atoms with E-state index in [0.29, 0.717) is 0 Å². The summed E-state index contributed by atoms with van der Waals surface area (Å²) in [4.78, 5) is 28.7. The number of carbonyl (C=O) groups is 1. The fourth-order valence-corrected chi connectivity index (χ4v) is 4.42. The first-order valence-corrected chi connectivity index (χ1v) is 10.2. The lowest BCUT2D eigenvalue weighted by Gasteiger charge is -2.42. The van der Waals surface area contributed by atoms with Gasteiger partial charge in [-0.3, -0.25) is 23.7 Å². The Kier molecular flexibility index (Phi) is 4.76. The second-order valence-corrected chi connectivity index (χ2v) is 7.89. The largest absolute Gasteiger partial charge is 0.308 e. The topological polar surface area (TPSA) is 74.8 Å². The lowest BCUT2D eigenvalue weighted by molar-refractivity contribution is -0.126. The van der Waals surface area contributed by atoms with Gasteiger partial charge in [-0.2, -0.15) is 5.10 Å². The molecule has 0 aliphatic carbocycles. The third-order valence-corrected chi connectivity index (χ3v) is 5.93. The van der Waals surface area contributed by atoms with E-state index in [1.165, 1.54) is 0 Å². The maximum absolute atomic E-state index is 13.1. The average Bonchev–Trinajstić information content (AvgIpc) is 3.34. The van der Waals surface area contributed by atoms with E-state index in [-0.39, 0.29) is 11.9 Å². The standard InChI is InChI=1S/C20H26N8O/c1-24-15-17(12-22-24)28-7-2-4-18(19(28)29)26-10-8-25(9-11-26)13-16-14-27-6-3-5-21-20(27)23-16/h3,5-6,12,14-15,18H,2,4,7-11,13H2,1H3/t18-/m1/s1. The summed E-state index contributed by atoms with van der Waals surface area (Å²) in [6, 6.07) is 1.89. The molecule has 1 amide bonds. The van der Waals surface area contributed by atoms with Crippen LogP contribution in [0, 0.1) is 0 Å². The van der Waals surface area contributed by atoms with Crippen molar-refractivity contribution in [2.24, 2.45) is 7.05 Å². The van der Waals surface area contributed by atoms with E-state index in [0.717, 1.165) is 69.3 Å². The smallest absolute Gasteiger partial charge is 0.244 e. The number of imidazole rings is 1. The van der Waals surface area contributed by atoms with Gasteiger partial charge in [-0.25, -0.2) is 9.97 Å². The van der Waals surface area contributed by atoms with Crippen molar-refractivity contribution in [3.63, 3.8) is 0 Å². The summed E-state index contributed by atoms with van der Waals surface area (Å²) in [5.74, 6) is 0.952. The molecule has 3 aromatic heterocycles. The number of amides is 1. The minimum absolute atomic E-state index is 0.0227. The minimum Gasteiger partial charge on any atom is -0.308 e. The van der Waals surface area contributed by atoms with Gasteiger partial charge in [0.1, 0.15) is 0 Å². The highest BCUT2D eigenvalue weighted by atomic mass is 16.2. The van der Waals surface area contributed by atoms with Crippen molar-refractivity contribution < 1.29 is 4.79 Å². The van der Waals surface area contributed by atoms with E-state index >= 15 is 0 Å². The van der Waals surface area contributed by atoms with Crippen molar-refractivity contribution >= 4 is 17.4 Å². The summed E-state index contributed by atoms with van der Waals surface area (Å²) >= 11 is 0. The van der Waals surface area contributed by atoms with Crippen molar-refractivity contribution in [3.8, 4) is 0 Å². The van der Waals surface area contributed by atoms with Crippen LogP contribution in [0.5, 0.6) is 0 Å². The maximum Gasteiger partial charge on any atom is 0.244 e. The van der Waals surface area contributed by atoms with Crippen LogP contribution in [0.2, 0.25) is 0 Å². The fourth-order valence-electron chi connectivity index (χ4n) is 4.42. The molecule has 2 fully saturated rings. The number of aromatic nitrogens is 5. The summed E-state index contributed by atoms with van der Waals surface area (Å²) < 4.78 is 3.71. The van der Waals surface area contributed by atoms with Crippen LogP contribution in [0.25, 0.3) is 5.78 Å². The molecule has 0 spiro atoms. The van der Waals surface area contributed by atoms with Gasteiger partial charge in [0.2, 0.25) is 11.7 Å². The Bertz CT molecular complexity index is 970. The molecule has 2 aliphatic rings. The molecule has 3 aromatic rings. The predicted molar refractivity (Wildman–Crippen MR) is 108 cm³/mol. The zero-order valence-corrected chi connectivity index (χ0v) is 16.7. The Morgan fingerprint density at radius 2 is 2.00 bits per heavy atom. The van der Waals surface area contributed by atoms with Crippen molar-refractivity contribution in [3.05, 3.63) is 42.7 Å². The molecule has 9 nitrogen and oxygen atoms in total. The average molecular weight is 394 g/mol. The van der Waals surface area contributed by atoms with Gasteiger partial charge in [-0.05, 0) is 18.9 Å². The Hall–Kier alpha value is -2.78. The summed E-state index contributed by atoms with van der Waals surface area (Å²) in [6.45, 7) is 5.29. The molecule has 0 saturated carbocycles. The number of carbonyl (C=O) groups excluding carboxylic acids is 1. The highest BCUT2D eigenvalue weighted by Crippen LogP contribution is 2.24. The fraction of sp³-hybridized carbons (Fsp3) is 0.500. The second kappa shape index (κ2) is 7.57. The molecule has 5 rings (SSSR count). The number of nitrogens with zero attached hydrogens (tertiary/aromatic N) is 8. The summed E-state index contributed by atoms with van der Waals surface area (Å²) in [6.07, 6.45) is 11.4. The highest BCUT2D eigenvalue weighted by Gasteiger charge is 2.35. The molecule has 0 bridgehead atoms. The first-order valence-electron chi connectivity index (χ1n) is 10.2. The van der Waals surface area contributed by atoms with Crippen LogP contribution in [-0.2, 0) is 18.4 Å². The Morgan fingerprint density at radius 1 is 1.14 bits per heavy atom. The van der Waals surface area contributed by atoms with Crippen LogP contribution in [0.15, 0.2) is 37.1 Å². The number of piperidine rings is 1. The predicted octanol–water partition coefficient (Wildman–Crippen LogP) is 0.776. The van der Waals surface area contributed by atoms with Gasteiger partial charge >= 0.3 is 0 Å². The van der Waals surface area contributed by atoms with E-state index in [4.69, 9.17) is 0 Å². The van der Waals surface area contributed by atoms with Crippen molar-refractivity contribution in [1.29, 1.82) is 0 Å². The number of hydrogen-bond acceptors (Lipinski definition) is 6. The Balaban J connectivity index is 1.20. The molecule has 29 heavy (non-hydrogen) atoms. The van der Waals surface area contributed by atoms with Crippen molar-refractivity contribution in [2.75, 3.05) is 37.6 Å². The van der Waals surface area contributed by atoms with Crippen LogP contribution in [0.3, 0.4) is 0 Å². The Morgan fingerprint density at radius 3 is 2.76 bits per heavy atom. The van der Waals surface area contributed by atoms with E-state index < -0.39 is 0 Å². The van der Waals surface area contributed by atoms with Crippen LogP contribution < -0.4 is 4.90 Å². The molecule has 0 aromatic carbocycles. The molecule has 0 radical (unpaired) electrons. The number of piperazine rings is 1. The lowest BCUT2D eigenvalue weighted by atomic mass is 10.0. The monoisotopic (exact) mass is 394 g/mol. The first-order chi connectivity index (χ1) is 14.2. The van der Waals surface area contributed by atoms with Gasteiger partial charge in [0, 0.05) is 71.1 Å². The van der Waals surface area contributed by atoms with E-state index in [1.54, 1.807) is 17.1 Å². The van der Waals surface area contributed by atoms with Gasteiger partial charge in [-0.15, -0.1) is 0 Å². The first kappa shape index (κ1) is 18.3. The van der Waals surface area contributed by atoms with Gasteiger partial charge in [0.25, 0.3) is 0 Å². The van der Waals surface area contributed by atoms with Gasteiger partial charge < -0.3 is 4.90 Å². The molecule has 0 unspecified atom stereocenters. The van der Waals surface area contributed by atoms with Crippen LogP contribution in [0.1, 0.15) is 18.5 Å². The maximum atomic E-state index is 13.1. The third-order valence-electron chi connectivity index (χ3n) is 5.93. The SMILES string of the molecule is Cn1cc(N2CCC[C@@H](N3CCN(Cc4cn5cccnc5n4)CC3)C2=O)cn1. The zero-order valence-electron chi connectivity index (χ0n) is 16.7. The number of rotatable bonds is 4. The summed E-state index contributed by atoms with van der Waals surface area (Å²) in [7, 11) is 1.88. The normalized spacial score (nSPS) is 21.9. The quantitative estimate of drug-likeness (QED) is 0.651. The molecule has 0 N–H and O–H groups in total.